The number of benzene rings is 2. The lowest BCUT2D eigenvalue weighted by Gasteiger charge is -2.04. The van der Waals surface area contributed by atoms with Crippen LogP contribution in [0.25, 0.3) is 16.9 Å². The number of aryl methyl sites for hydroxylation is 1. The zero-order valence-corrected chi connectivity index (χ0v) is 16.0. The Morgan fingerprint density at radius 2 is 2.00 bits per heavy atom. The van der Waals surface area contributed by atoms with Gasteiger partial charge in [-0.05, 0) is 48.5 Å². The van der Waals surface area contributed by atoms with Gasteiger partial charge in [-0.3, -0.25) is 4.79 Å². The van der Waals surface area contributed by atoms with Gasteiger partial charge in [-0.2, -0.15) is 0 Å². The highest BCUT2D eigenvalue weighted by atomic mass is 32.1. The molecule has 8 nitrogen and oxygen atoms in total. The minimum atomic E-state index is -0.439. The van der Waals surface area contributed by atoms with Gasteiger partial charge in [0, 0.05) is 16.6 Å². The molecule has 140 valence electrons. The summed E-state index contributed by atoms with van der Waals surface area (Å²) in [5, 5.41) is 17.7. The van der Waals surface area contributed by atoms with Gasteiger partial charge in [0.25, 0.3) is 11.7 Å². The van der Waals surface area contributed by atoms with Crippen LogP contribution in [0.5, 0.6) is 5.75 Å². The van der Waals surface area contributed by atoms with E-state index in [0.717, 1.165) is 22.0 Å². The second-order valence-electron chi connectivity index (χ2n) is 5.89. The van der Waals surface area contributed by atoms with E-state index in [0.29, 0.717) is 11.4 Å². The van der Waals surface area contributed by atoms with Crippen LogP contribution in [0.1, 0.15) is 15.6 Å². The molecule has 0 aliphatic rings. The summed E-state index contributed by atoms with van der Waals surface area (Å²) in [7, 11) is 1.59. The number of carbonyl (C=O) groups excluding carboxylic acids is 1. The number of hydrogen-bond acceptors (Lipinski definition) is 7. The fourth-order valence-corrected chi connectivity index (χ4v) is 3.19. The normalized spacial score (nSPS) is 10.6. The van der Waals surface area contributed by atoms with Crippen molar-refractivity contribution in [2.45, 2.75) is 6.92 Å². The topological polar surface area (TPSA) is 94.8 Å². The highest BCUT2D eigenvalue weighted by Crippen LogP contribution is 2.24. The molecule has 2 heterocycles. The molecule has 0 spiro atoms. The molecule has 0 unspecified atom stereocenters. The average Bonchev–Trinajstić information content (AvgIpc) is 3.38. The molecule has 0 bridgehead atoms. The zero-order chi connectivity index (χ0) is 19.5. The first kappa shape index (κ1) is 17.8. The van der Waals surface area contributed by atoms with Crippen molar-refractivity contribution in [2.75, 3.05) is 12.4 Å². The summed E-state index contributed by atoms with van der Waals surface area (Å²) in [6.45, 7) is 1.96. The fourth-order valence-electron chi connectivity index (χ4n) is 2.57. The molecule has 2 aromatic heterocycles. The van der Waals surface area contributed by atoms with E-state index in [1.165, 1.54) is 4.80 Å². The maximum Gasteiger partial charge on any atom is 0.297 e. The van der Waals surface area contributed by atoms with Crippen molar-refractivity contribution in [3.05, 3.63) is 64.7 Å². The summed E-state index contributed by atoms with van der Waals surface area (Å²) < 4.78 is 5.12. The number of rotatable bonds is 5. The maximum absolute atomic E-state index is 12.5. The van der Waals surface area contributed by atoms with E-state index in [1.54, 1.807) is 48.8 Å². The number of carbonyl (C=O) groups is 1. The molecule has 1 N–H and O–H groups in total. The lowest BCUT2D eigenvalue weighted by molar-refractivity contribution is 0.101. The number of nitrogens with one attached hydrogen (secondary N) is 1. The van der Waals surface area contributed by atoms with Crippen LogP contribution in [0.3, 0.4) is 0 Å². The van der Waals surface area contributed by atoms with Crippen molar-refractivity contribution >= 4 is 22.9 Å². The molecule has 4 rings (SSSR count). The van der Waals surface area contributed by atoms with E-state index < -0.39 is 5.91 Å². The van der Waals surface area contributed by atoms with E-state index in [1.807, 2.05) is 30.5 Å². The van der Waals surface area contributed by atoms with E-state index in [4.69, 9.17) is 4.74 Å². The molecule has 0 saturated carbocycles. The average molecular weight is 392 g/mol. The predicted molar refractivity (Wildman–Crippen MR) is 106 cm³/mol. The van der Waals surface area contributed by atoms with Gasteiger partial charge in [0.05, 0.1) is 23.5 Å². The largest absolute Gasteiger partial charge is 0.497 e. The van der Waals surface area contributed by atoms with Gasteiger partial charge < -0.3 is 10.1 Å². The van der Waals surface area contributed by atoms with Crippen molar-refractivity contribution in [3.8, 4) is 22.7 Å². The summed E-state index contributed by atoms with van der Waals surface area (Å²) in [5.74, 6) is 0.258. The van der Waals surface area contributed by atoms with Crippen LogP contribution < -0.4 is 10.1 Å². The van der Waals surface area contributed by atoms with E-state index in [-0.39, 0.29) is 5.82 Å². The fraction of sp³-hybridized carbons (Fsp3) is 0.105. The number of nitrogens with zero attached hydrogens (tertiary/aromatic N) is 5. The third kappa shape index (κ3) is 3.74. The molecular weight excluding hydrogens is 376 g/mol. The molecule has 0 fully saturated rings. The SMILES string of the molecule is COc1ccc(-n2nnc(C(=O)Nc3cccc(-c4csc(C)n4)c3)n2)cc1. The van der Waals surface area contributed by atoms with Gasteiger partial charge in [-0.15, -0.1) is 26.3 Å². The standard InChI is InChI=1S/C19H16N6O2S/c1-12-20-17(11-28-12)13-4-3-5-14(10-13)21-19(26)18-22-24-25(23-18)15-6-8-16(27-2)9-7-15/h3-11H,1-2H3,(H,21,26). The van der Waals surface area contributed by atoms with Gasteiger partial charge in [0.15, 0.2) is 0 Å². The molecule has 1 amide bonds. The van der Waals surface area contributed by atoms with Crippen LogP contribution in [0.2, 0.25) is 0 Å². The van der Waals surface area contributed by atoms with E-state index in [2.05, 4.69) is 25.7 Å². The minimum Gasteiger partial charge on any atom is -0.497 e. The third-order valence-electron chi connectivity index (χ3n) is 3.96. The van der Waals surface area contributed by atoms with Gasteiger partial charge in [0.2, 0.25) is 0 Å². The summed E-state index contributed by atoms with van der Waals surface area (Å²) in [5.41, 5.74) is 3.11. The number of ether oxygens (including phenoxy) is 1. The van der Waals surface area contributed by atoms with Crippen molar-refractivity contribution < 1.29 is 9.53 Å². The molecule has 0 atom stereocenters. The Hall–Kier alpha value is -3.59. The Bertz CT molecular complexity index is 1120. The molecule has 2 aromatic carbocycles. The minimum absolute atomic E-state index is 0.0225. The second-order valence-corrected chi connectivity index (χ2v) is 6.95. The van der Waals surface area contributed by atoms with Gasteiger partial charge >= 0.3 is 0 Å². The first-order valence-electron chi connectivity index (χ1n) is 8.41. The molecule has 0 aliphatic heterocycles. The Balaban J connectivity index is 1.50. The third-order valence-corrected chi connectivity index (χ3v) is 4.73. The van der Waals surface area contributed by atoms with Crippen LogP contribution in [0.15, 0.2) is 53.9 Å². The number of tetrazole rings is 1. The molecular formula is C19H16N6O2S. The number of hydrogen-bond donors (Lipinski definition) is 1. The van der Waals surface area contributed by atoms with Crippen molar-refractivity contribution in [1.82, 2.24) is 25.2 Å². The highest BCUT2D eigenvalue weighted by Gasteiger charge is 2.14. The Labute approximate surface area is 164 Å². The Morgan fingerprint density at radius 1 is 1.18 bits per heavy atom. The summed E-state index contributed by atoms with van der Waals surface area (Å²) >= 11 is 1.58. The molecule has 0 saturated heterocycles. The van der Waals surface area contributed by atoms with Gasteiger partial charge in [0.1, 0.15) is 5.75 Å². The van der Waals surface area contributed by atoms with Crippen molar-refractivity contribution in [1.29, 1.82) is 0 Å². The number of anilines is 1. The molecule has 4 aromatic rings. The van der Waals surface area contributed by atoms with Crippen LogP contribution in [0.4, 0.5) is 5.69 Å². The first-order chi connectivity index (χ1) is 13.6. The van der Waals surface area contributed by atoms with Crippen LogP contribution in [0, 0.1) is 6.92 Å². The van der Waals surface area contributed by atoms with Crippen molar-refractivity contribution in [3.63, 3.8) is 0 Å². The highest BCUT2D eigenvalue weighted by molar-refractivity contribution is 7.09. The van der Waals surface area contributed by atoms with Crippen LogP contribution in [-0.4, -0.2) is 38.2 Å². The Morgan fingerprint density at radius 3 is 2.71 bits per heavy atom. The number of amides is 1. The summed E-state index contributed by atoms with van der Waals surface area (Å²) in [6, 6.07) is 14.6. The molecule has 9 heteroatoms. The lowest BCUT2D eigenvalue weighted by atomic mass is 10.1. The van der Waals surface area contributed by atoms with Gasteiger partial charge in [-0.1, -0.05) is 12.1 Å². The number of aromatic nitrogens is 5. The molecule has 0 aliphatic carbocycles. The molecule has 28 heavy (non-hydrogen) atoms. The smallest absolute Gasteiger partial charge is 0.297 e. The summed E-state index contributed by atoms with van der Waals surface area (Å²) in [4.78, 5) is 18.2. The quantitative estimate of drug-likeness (QED) is 0.560. The Kier molecular flexibility index (Phi) is 4.81. The lowest BCUT2D eigenvalue weighted by Crippen LogP contribution is -2.14. The summed E-state index contributed by atoms with van der Waals surface area (Å²) in [6.07, 6.45) is 0. The van der Waals surface area contributed by atoms with Crippen molar-refractivity contribution in [2.24, 2.45) is 0 Å². The zero-order valence-electron chi connectivity index (χ0n) is 15.2. The van der Waals surface area contributed by atoms with E-state index >= 15 is 0 Å². The predicted octanol–water partition coefficient (Wildman–Crippen LogP) is 3.36. The van der Waals surface area contributed by atoms with Crippen LogP contribution >= 0.6 is 11.3 Å². The molecule has 0 radical (unpaired) electrons. The van der Waals surface area contributed by atoms with Gasteiger partial charge in [-0.25, -0.2) is 4.98 Å². The second kappa shape index (κ2) is 7.57. The van der Waals surface area contributed by atoms with Crippen LogP contribution in [-0.2, 0) is 0 Å². The monoisotopic (exact) mass is 392 g/mol. The van der Waals surface area contributed by atoms with E-state index in [9.17, 15) is 4.79 Å². The first-order valence-corrected chi connectivity index (χ1v) is 9.29. The number of methoxy groups -OCH3 is 1. The number of thiazole rings is 1. The maximum atomic E-state index is 12.5.